The number of carbonyl (C=O) groups is 1. The van der Waals surface area contributed by atoms with Gasteiger partial charge in [-0.15, -0.1) is 0 Å². The smallest absolute Gasteiger partial charge is 0.255 e. The van der Waals surface area contributed by atoms with Crippen LogP contribution in [0.15, 0.2) is 48.9 Å². The number of nitrogens with two attached hydrogens (primary N) is 1. The van der Waals surface area contributed by atoms with Gasteiger partial charge in [-0.2, -0.15) is 5.10 Å². The predicted octanol–water partition coefficient (Wildman–Crippen LogP) is 1.93. The number of aromatic nitrogens is 3. The van der Waals surface area contributed by atoms with Gasteiger partial charge in [-0.25, -0.2) is 0 Å². The van der Waals surface area contributed by atoms with Gasteiger partial charge < -0.3 is 19.9 Å². The number of carbonyl (C=O) groups excluding carboxylic acids is 1. The lowest BCUT2D eigenvalue weighted by Gasteiger charge is -2.32. The van der Waals surface area contributed by atoms with Crippen LogP contribution in [-0.2, 0) is 23.1 Å². The van der Waals surface area contributed by atoms with Gasteiger partial charge in [0.15, 0.2) is 18.1 Å². The van der Waals surface area contributed by atoms with Crippen molar-refractivity contribution in [3.05, 3.63) is 60.2 Å². The molecule has 3 heterocycles. The predicted molar refractivity (Wildman–Crippen MR) is 118 cm³/mol. The standard InChI is InChI=1S/C23H27N5O4/c1-27-13-18(11-26-27)17-4-5-19(25-10-17)22-14-28(7-8-31-22)12-16-3-6-20(21(9-16)30-2)32-15-23(24)29/h3-6,9-11,13,22H,7-8,12,14-15H2,1-2H3,(H2,24,29)/t22-/m1/s1. The summed E-state index contributed by atoms with van der Waals surface area (Å²) in [5, 5.41) is 4.21. The molecule has 2 aromatic heterocycles. The van der Waals surface area contributed by atoms with Crippen LogP contribution in [0.2, 0.25) is 0 Å². The van der Waals surface area contributed by atoms with Gasteiger partial charge in [-0.3, -0.25) is 19.4 Å². The molecule has 0 unspecified atom stereocenters. The summed E-state index contributed by atoms with van der Waals surface area (Å²) in [5.74, 6) is 0.534. The first kappa shape index (κ1) is 21.8. The third-order valence-corrected chi connectivity index (χ3v) is 5.31. The Balaban J connectivity index is 1.40. The number of benzene rings is 1. The number of nitrogens with zero attached hydrogens (tertiary/aromatic N) is 4. The van der Waals surface area contributed by atoms with Gasteiger partial charge in [0.1, 0.15) is 6.10 Å². The zero-order valence-corrected chi connectivity index (χ0v) is 18.2. The number of morpholine rings is 1. The van der Waals surface area contributed by atoms with E-state index in [2.05, 4.69) is 21.0 Å². The number of aryl methyl sites for hydroxylation is 1. The highest BCUT2D eigenvalue weighted by Crippen LogP contribution is 2.30. The van der Waals surface area contributed by atoms with Gasteiger partial charge in [-0.05, 0) is 23.8 Å². The quantitative estimate of drug-likeness (QED) is 0.574. The van der Waals surface area contributed by atoms with E-state index in [1.54, 1.807) is 17.9 Å². The summed E-state index contributed by atoms with van der Waals surface area (Å²) in [7, 11) is 3.47. The molecule has 1 aliphatic rings. The topological polar surface area (TPSA) is 105 Å². The van der Waals surface area contributed by atoms with Gasteiger partial charge >= 0.3 is 0 Å². The number of methoxy groups -OCH3 is 1. The Hall–Kier alpha value is -3.43. The van der Waals surface area contributed by atoms with E-state index in [0.717, 1.165) is 42.0 Å². The van der Waals surface area contributed by atoms with Gasteiger partial charge in [0.25, 0.3) is 5.91 Å². The number of pyridine rings is 1. The molecule has 1 aliphatic heterocycles. The molecule has 0 radical (unpaired) electrons. The van der Waals surface area contributed by atoms with Gasteiger partial charge in [0, 0.05) is 50.2 Å². The molecule has 2 N–H and O–H groups in total. The van der Waals surface area contributed by atoms with Crippen LogP contribution in [0.25, 0.3) is 11.1 Å². The lowest BCUT2D eigenvalue weighted by atomic mass is 10.1. The minimum absolute atomic E-state index is 0.0910. The molecule has 1 amide bonds. The molecule has 1 aromatic carbocycles. The zero-order chi connectivity index (χ0) is 22.5. The minimum atomic E-state index is -0.530. The summed E-state index contributed by atoms with van der Waals surface area (Å²) in [4.78, 5) is 17.9. The van der Waals surface area contributed by atoms with Gasteiger partial charge in [-0.1, -0.05) is 12.1 Å². The van der Waals surface area contributed by atoms with Crippen LogP contribution in [0, 0.1) is 0 Å². The fraction of sp³-hybridized carbons (Fsp3) is 0.348. The maximum atomic E-state index is 11.0. The Morgan fingerprint density at radius 1 is 1.22 bits per heavy atom. The van der Waals surface area contributed by atoms with E-state index in [9.17, 15) is 4.79 Å². The fourth-order valence-corrected chi connectivity index (χ4v) is 3.70. The zero-order valence-electron chi connectivity index (χ0n) is 18.2. The Labute approximate surface area is 186 Å². The molecule has 9 nitrogen and oxygen atoms in total. The molecule has 4 rings (SSSR count). The van der Waals surface area contributed by atoms with E-state index in [4.69, 9.17) is 19.9 Å². The van der Waals surface area contributed by atoms with E-state index in [0.29, 0.717) is 18.1 Å². The van der Waals surface area contributed by atoms with Crippen molar-refractivity contribution in [2.45, 2.75) is 12.6 Å². The summed E-state index contributed by atoms with van der Waals surface area (Å²) in [6.45, 7) is 2.75. The molecule has 1 saturated heterocycles. The van der Waals surface area contributed by atoms with Crippen LogP contribution >= 0.6 is 0 Å². The van der Waals surface area contributed by atoms with Crippen molar-refractivity contribution >= 4 is 5.91 Å². The second-order valence-corrected chi connectivity index (χ2v) is 7.71. The van der Waals surface area contributed by atoms with E-state index in [1.165, 1.54) is 0 Å². The summed E-state index contributed by atoms with van der Waals surface area (Å²) in [5.41, 5.74) is 9.21. The Morgan fingerprint density at radius 3 is 2.78 bits per heavy atom. The number of hydrogen-bond donors (Lipinski definition) is 1. The van der Waals surface area contributed by atoms with E-state index in [-0.39, 0.29) is 12.7 Å². The Kier molecular flexibility index (Phi) is 6.67. The average molecular weight is 438 g/mol. The Morgan fingerprint density at radius 2 is 2.09 bits per heavy atom. The lowest BCUT2D eigenvalue weighted by Crippen LogP contribution is -2.38. The molecule has 9 heteroatoms. The highest BCUT2D eigenvalue weighted by Gasteiger charge is 2.23. The number of ether oxygens (including phenoxy) is 3. The van der Waals surface area contributed by atoms with Crippen molar-refractivity contribution in [2.75, 3.05) is 33.4 Å². The number of hydrogen-bond acceptors (Lipinski definition) is 7. The second kappa shape index (κ2) is 9.80. The van der Waals surface area contributed by atoms with Crippen molar-refractivity contribution in [3.63, 3.8) is 0 Å². The molecule has 32 heavy (non-hydrogen) atoms. The average Bonchev–Trinajstić information content (AvgIpc) is 3.24. The molecule has 0 bridgehead atoms. The molecule has 1 fully saturated rings. The third-order valence-electron chi connectivity index (χ3n) is 5.31. The Bertz CT molecular complexity index is 1070. The summed E-state index contributed by atoms with van der Waals surface area (Å²) < 4.78 is 18.6. The molecular formula is C23H27N5O4. The maximum absolute atomic E-state index is 11.0. The molecular weight excluding hydrogens is 410 g/mol. The molecule has 1 atom stereocenters. The van der Waals surface area contributed by atoms with Crippen molar-refractivity contribution in [1.82, 2.24) is 19.7 Å². The van der Waals surface area contributed by atoms with Crippen LogP contribution in [-0.4, -0.2) is 59.0 Å². The van der Waals surface area contributed by atoms with E-state index >= 15 is 0 Å². The van der Waals surface area contributed by atoms with Crippen molar-refractivity contribution in [3.8, 4) is 22.6 Å². The first-order valence-corrected chi connectivity index (χ1v) is 10.4. The third kappa shape index (κ3) is 5.24. The molecule has 0 aliphatic carbocycles. The fourth-order valence-electron chi connectivity index (χ4n) is 3.70. The van der Waals surface area contributed by atoms with E-state index < -0.39 is 5.91 Å². The monoisotopic (exact) mass is 437 g/mol. The summed E-state index contributed by atoms with van der Waals surface area (Å²) in [6, 6.07) is 9.75. The van der Waals surface area contributed by atoms with Crippen LogP contribution < -0.4 is 15.2 Å². The first-order chi connectivity index (χ1) is 15.5. The minimum Gasteiger partial charge on any atom is -0.493 e. The summed E-state index contributed by atoms with van der Waals surface area (Å²) in [6.07, 6.45) is 5.57. The molecule has 0 spiro atoms. The van der Waals surface area contributed by atoms with Crippen molar-refractivity contribution < 1.29 is 19.0 Å². The van der Waals surface area contributed by atoms with Crippen LogP contribution in [0.3, 0.4) is 0 Å². The normalized spacial score (nSPS) is 16.6. The summed E-state index contributed by atoms with van der Waals surface area (Å²) >= 11 is 0. The van der Waals surface area contributed by atoms with Gasteiger partial charge in [0.05, 0.1) is 25.6 Å². The molecule has 3 aromatic rings. The molecule has 0 saturated carbocycles. The van der Waals surface area contributed by atoms with Crippen molar-refractivity contribution in [1.29, 1.82) is 0 Å². The SMILES string of the molecule is COc1cc(CN2CCO[C@@H](c3ccc(-c4cnn(C)c4)cn3)C2)ccc1OCC(N)=O. The van der Waals surface area contributed by atoms with E-state index in [1.807, 2.05) is 43.8 Å². The first-order valence-electron chi connectivity index (χ1n) is 10.4. The highest BCUT2D eigenvalue weighted by molar-refractivity contribution is 5.75. The maximum Gasteiger partial charge on any atom is 0.255 e. The van der Waals surface area contributed by atoms with Crippen LogP contribution in [0.5, 0.6) is 11.5 Å². The van der Waals surface area contributed by atoms with Crippen LogP contribution in [0.4, 0.5) is 0 Å². The van der Waals surface area contributed by atoms with Gasteiger partial charge in [0.2, 0.25) is 0 Å². The molecule has 168 valence electrons. The van der Waals surface area contributed by atoms with Crippen molar-refractivity contribution in [2.24, 2.45) is 12.8 Å². The largest absolute Gasteiger partial charge is 0.493 e. The number of rotatable bonds is 8. The second-order valence-electron chi connectivity index (χ2n) is 7.71. The number of amides is 1. The van der Waals surface area contributed by atoms with Crippen LogP contribution in [0.1, 0.15) is 17.4 Å². The lowest BCUT2D eigenvalue weighted by molar-refractivity contribution is -0.119. The number of primary amides is 1. The highest BCUT2D eigenvalue weighted by atomic mass is 16.5.